The molecule has 1 amide bonds. The number of hydrogen-bond donors (Lipinski definition) is 0. The third kappa shape index (κ3) is 4.33. The second kappa shape index (κ2) is 9.15. The van der Waals surface area contributed by atoms with Gasteiger partial charge < -0.3 is 19.1 Å². The summed E-state index contributed by atoms with van der Waals surface area (Å²) in [6, 6.07) is 9.36. The molecule has 1 aliphatic rings. The van der Waals surface area contributed by atoms with Gasteiger partial charge in [-0.15, -0.1) is 11.6 Å². The number of alkyl halides is 1. The molecule has 7 heteroatoms. The first kappa shape index (κ1) is 20.3. The van der Waals surface area contributed by atoms with Crippen LogP contribution in [0.5, 0.6) is 17.2 Å². The zero-order valence-electron chi connectivity index (χ0n) is 15.9. The molecule has 0 N–H and O–H groups in total. The molecule has 1 atom stereocenters. The van der Waals surface area contributed by atoms with Gasteiger partial charge in [0.2, 0.25) is 5.91 Å². The summed E-state index contributed by atoms with van der Waals surface area (Å²) in [5, 5.41) is 0. The summed E-state index contributed by atoms with van der Waals surface area (Å²) < 4.78 is 29.9. The highest BCUT2D eigenvalue weighted by atomic mass is 35.5. The largest absolute Gasteiger partial charge is 0.493 e. The van der Waals surface area contributed by atoms with E-state index in [1.165, 1.54) is 12.1 Å². The fraction of sp³-hybridized carbons (Fsp3) is 0.381. The molecule has 1 heterocycles. The van der Waals surface area contributed by atoms with Crippen molar-refractivity contribution in [1.29, 1.82) is 0 Å². The van der Waals surface area contributed by atoms with Crippen molar-refractivity contribution in [2.75, 3.05) is 33.3 Å². The highest BCUT2D eigenvalue weighted by molar-refractivity contribution is 6.18. The van der Waals surface area contributed by atoms with Crippen LogP contribution < -0.4 is 14.2 Å². The number of ether oxygens (including phenoxy) is 3. The third-order valence-corrected chi connectivity index (χ3v) is 5.04. The first-order valence-electron chi connectivity index (χ1n) is 9.06. The zero-order valence-corrected chi connectivity index (χ0v) is 16.7. The second-order valence-corrected chi connectivity index (χ2v) is 6.84. The Bertz CT molecular complexity index is 828. The number of carbonyl (C=O) groups is 1. The zero-order chi connectivity index (χ0) is 20.1. The molecule has 0 saturated carbocycles. The summed E-state index contributed by atoms with van der Waals surface area (Å²) in [6.45, 7) is 0.803. The number of benzene rings is 2. The molecule has 0 spiro atoms. The lowest BCUT2D eigenvalue weighted by atomic mass is 9.92. The Hall–Kier alpha value is -2.47. The van der Waals surface area contributed by atoms with Crippen molar-refractivity contribution < 1.29 is 23.4 Å². The van der Waals surface area contributed by atoms with Crippen LogP contribution >= 0.6 is 11.6 Å². The summed E-state index contributed by atoms with van der Waals surface area (Å²) in [5.41, 5.74) is 2.04. The summed E-state index contributed by atoms with van der Waals surface area (Å²) in [4.78, 5) is 14.4. The Kier molecular flexibility index (Phi) is 6.62. The van der Waals surface area contributed by atoms with E-state index < -0.39 is 0 Å². The Morgan fingerprint density at radius 1 is 1.18 bits per heavy atom. The number of amides is 1. The summed E-state index contributed by atoms with van der Waals surface area (Å²) >= 11 is 5.79. The Morgan fingerprint density at radius 2 is 1.86 bits per heavy atom. The average Bonchev–Trinajstić information content (AvgIpc) is 2.72. The normalized spacial score (nSPS) is 15.7. The third-order valence-electron chi connectivity index (χ3n) is 4.85. The molecule has 0 saturated heterocycles. The molecule has 0 aromatic heterocycles. The molecular weight excluding hydrogens is 385 g/mol. The quantitative estimate of drug-likeness (QED) is 0.651. The van der Waals surface area contributed by atoms with Gasteiger partial charge in [0.25, 0.3) is 0 Å². The number of nitrogens with zero attached hydrogens (tertiary/aromatic N) is 1. The van der Waals surface area contributed by atoms with Crippen LogP contribution in [0.2, 0.25) is 0 Å². The van der Waals surface area contributed by atoms with E-state index in [9.17, 15) is 9.18 Å². The number of rotatable bonds is 7. The van der Waals surface area contributed by atoms with Gasteiger partial charge in [-0.1, -0.05) is 0 Å². The van der Waals surface area contributed by atoms with Gasteiger partial charge in [0.1, 0.15) is 18.2 Å². The first-order chi connectivity index (χ1) is 13.6. The van der Waals surface area contributed by atoms with E-state index >= 15 is 0 Å². The van der Waals surface area contributed by atoms with E-state index in [1.54, 1.807) is 31.3 Å². The van der Waals surface area contributed by atoms with Crippen LogP contribution in [0.25, 0.3) is 0 Å². The van der Waals surface area contributed by atoms with Crippen LogP contribution in [0, 0.1) is 5.82 Å². The topological polar surface area (TPSA) is 48.0 Å². The lowest BCUT2D eigenvalue weighted by molar-refractivity contribution is -0.134. The molecule has 0 aliphatic carbocycles. The maximum atomic E-state index is 13.1. The molecule has 0 radical (unpaired) electrons. The fourth-order valence-electron chi connectivity index (χ4n) is 3.44. The van der Waals surface area contributed by atoms with Crippen LogP contribution in [0.4, 0.5) is 4.39 Å². The van der Waals surface area contributed by atoms with Crippen molar-refractivity contribution in [3.05, 3.63) is 53.3 Å². The van der Waals surface area contributed by atoms with E-state index in [4.69, 9.17) is 25.8 Å². The molecule has 5 nitrogen and oxygen atoms in total. The van der Waals surface area contributed by atoms with E-state index in [-0.39, 0.29) is 36.7 Å². The van der Waals surface area contributed by atoms with E-state index in [1.807, 2.05) is 12.1 Å². The van der Waals surface area contributed by atoms with Crippen molar-refractivity contribution in [2.24, 2.45) is 0 Å². The maximum absolute atomic E-state index is 13.1. The van der Waals surface area contributed by atoms with Gasteiger partial charge in [0, 0.05) is 18.8 Å². The first-order valence-corrected chi connectivity index (χ1v) is 9.59. The van der Waals surface area contributed by atoms with Crippen LogP contribution in [-0.2, 0) is 11.2 Å². The molecule has 3 rings (SSSR count). The molecule has 1 aliphatic heterocycles. The van der Waals surface area contributed by atoms with E-state index in [0.29, 0.717) is 30.2 Å². The molecule has 150 valence electrons. The monoisotopic (exact) mass is 407 g/mol. The minimum absolute atomic E-state index is 0.0249. The lowest BCUT2D eigenvalue weighted by Gasteiger charge is -2.37. The van der Waals surface area contributed by atoms with Gasteiger partial charge in [-0.25, -0.2) is 4.39 Å². The van der Waals surface area contributed by atoms with Gasteiger partial charge in [0.05, 0.1) is 20.3 Å². The van der Waals surface area contributed by atoms with E-state index in [0.717, 1.165) is 11.1 Å². The minimum Gasteiger partial charge on any atom is -0.493 e. The number of methoxy groups -OCH3 is 2. The molecular formula is C21H23ClFNO4. The average molecular weight is 408 g/mol. The summed E-state index contributed by atoms with van der Waals surface area (Å²) in [7, 11) is 3.17. The number of fused-ring (bicyclic) bond motifs is 1. The molecule has 1 unspecified atom stereocenters. The number of carbonyl (C=O) groups excluding carboxylic acids is 1. The highest BCUT2D eigenvalue weighted by Crippen LogP contribution is 2.38. The van der Waals surface area contributed by atoms with Gasteiger partial charge >= 0.3 is 0 Å². The van der Waals surface area contributed by atoms with Gasteiger partial charge in [-0.3, -0.25) is 4.79 Å². The van der Waals surface area contributed by atoms with Crippen molar-refractivity contribution in [3.8, 4) is 17.2 Å². The van der Waals surface area contributed by atoms with Crippen molar-refractivity contribution >= 4 is 17.5 Å². The smallest absolute Gasteiger partial charge is 0.224 e. The van der Waals surface area contributed by atoms with Gasteiger partial charge in [-0.05, 0) is 53.9 Å². The predicted molar refractivity (Wildman–Crippen MR) is 105 cm³/mol. The summed E-state index contributed by atoms with van der Waals surface area (Å²) in [6.07, 6.45) is 0.966. The summed E-state index contributed by atoms with van der Waals surface area (Å²) in [5.74, 6) is 1.70. The van der Waals surface area contributed by atoms with Crippen LogP contribution in [0.1, 0.15) is 23.6 Å². The fourth-order valence-corrected chi connectivity index (χ4v) is 3.60. The molecule has 2 aromatic rings. The maximum Gasteiger partial charge on any atom is 0.224 e. The SMILES string of the molecule is COc1cc2c(cc1OC)C(COc1ccc(F)cc1)N(C(=O)CCCl)CC2. The van der Waals surface area contributed by atoms with Gasteiger partial charge in [0.15, 0.2) is 11.5 Å². The highest BCUT2D eigenvalue weighted by Gasteiger charge is 2.32. The minimum atomic E-state index is -0.328. The van der Waals surface area contributed by atoms with Gasteiger partial charge in [-0.2, -0.15) is 0 Å². The van der Waals surface area contributed by atoms with Crippen LogP contribution in [0.3, 0.4) is 0 Å². The number of halogens is 2. The standard InChI is InChI=1S/C21H23ClFNO4/c1-26-19-11-14-8-10-24(21(25)7-9-22)18(17(14)12-20(19)27-2)13-28-16-5-3-15(23)4-6-16/h3-6,11-12,18H,7-10,13H2,1-2H3. The Balaban J connectivity index is 1.92. The number of hydrogen-bond acceptors (Lipinski definition) is 4. The lowest BCUT2D eigenvalue weighted by Crippen LogP contribution is -2.42. The van der Waals surface area contributed by atoms with E-state index in [2.05, 4.69) is 0 Å². The Morgan fingerprint density at radius 3 is 2.50 bits per heavy atom. The predicted octanol–water partition coefficient (Wildman–Crippen LogP) is 3.98. The second-order valence-electron chi connectivity index (χ2n) is 6.46. The van der Waals surface area contributed by atoms with Crippen LogP contribution in [-0.4, -0.2) is 44.1 Å². The molecule has 0 bridgehead atoms. The molecule has 2 aromatic carbocycles. The Labute approximate surface area is 168 Å². The van der Waals surface area contributed by atoms with Crippen molar-refractivity contribution in [1.82, 2.24) is 4.90 Å². The van der Waals surface area contributed by atoms with Crippen molar-refractivity contribution in [3.63, 3.8) is 0 Å². The van der Waals surface area contributed by atoms with Crippen LogP contribution in [0.15, 0.2) is 36.4 Å². The molecule has 0 fully saturated rings. The van der Waals surface area contributed by atoms with Crippen molar-refractivity contribution in [2.45, 2.75) is 18.9 Å². The molecule has 28 heavy (non-hydrogen) atoms.